The molecule has 186 valence electrons. The smallest absolute Gasteiger partial charge is 0.417 e. The SMILES string of the molecule is CCOC(=O)C1CCC(O)(c2nn(C(=O)c3c(Cl)cccc3C(F)(F)F)c3cccc(F)c23)CC1. The number of halogens is 5. The van der Waals surface area contributed by atoms with Gasteiger partial charge in [-0.15, -0.1) is 0 Å². The Morgan fingerprint density at radius 3 is 2.49 bits per heavy atom. The zero-order chi connectivity index (χ0) is 25.5. The van der Waals surface area contributed by atoms with Gasteiger partial charge in [0.1, 0.15) is 17.1 Å². The third-order valence-corrected chi connectivity index (χ3v) is 6.57. The Morgan fingerprint density at radius 1 is 1.20 bits per heavy atom. The van der Waals surface area contributed by atoms with E-state index in [1.165, 1.54) is 12.1 Å². The number of nitrogens with zero attached hydrogens (tertiary/aromatic N) is 2. The van der Waals surface area contributed by atoms with Crippen molar-refractivity contribution in [1.82, 2.24) is 9.78 Å². The van der Waals surface area contributed by atoms with Crippen molar-refractivity contribution in [3.8, 4) is 0 Å². The first kappa shape index (κ1) is 25.1. The highest BCUT2D eigenvalue weighted by atomic mass is 35.5. The third-order valence-electron chi connectivity index (χ3n) is 6.26. The number of hydrogen-bond acceptors (Lipinski definition) is 5. The number of hydrogen-bond donors (Lipinski definition) is 1. The van der Waals surface area contributed by atoms with Crippen molar-refractivity contribution < 1.29 is 37.0 Å². The molecule has 0 atom stereocenters. The number of alkyl halides is 3. The first-order valence-corrected chi connectivity index (χ1v) is 11.3. The average Bonchev–Trinajstić information content (AvgIpc) is 3.20. The highest BCUT2D eigenvalue weighted by Gasteiger charge is 2.43. The van der Waals surface area contributed by atoms with Crippen LogP contribution in [0.1, 0.15) is 54.2 Å². The van der Waals surface area contributed by atoms with Crippen molar-refractivity contribution >= 4 is 34.4 Å². The monoisotopic (exact) mass is 512 g/mol. The Hall–Kier alpha value is -2.98. The Balaban J connectivity index is 1.81. The summed E-state index contributed by atoms with van der Waals surface area (Å²) in [5, 5.41) is 14.9. The molecule has 3 aromatic rings. The van der Waals surface area contributed by atoms with Crippen molar-refractivity contribution in [1.29, 1.82) is 0 Å². The van der Waals surface area contributed by atoms with Crippen LogP contribution in [0.25, 0.3) is 10.9 Å². The fourth-order valence-electron chi connectivity index (χ4n) is 4.52. The number of ether oxygens (including phenoxy) is 1. The van der Waals surface area contributed by atoms with E-state index in [0.717, 1.165) is 24.3 Å². The predicted molar refractivity (Wildman–Crippen MR) is 118 cm³/mol. The van der Waals surface area contributed by atoms with Gasteiger partial charge in [-0.1, -0.05) is 23.7 Å². The van der Waals surface area contributed by atoms with E-state index in [1.54, 1.807) is 6.92 Å². The van der Waals surface area contributed by atoms with Crippen LogP contribution in [0, 0.1) is 11.7 Å². The first-order valence-electron chi connectivity index (χ1n) is 10.9. The molecule has 6 nitrogen and oxygen atoms in total. The van der Waals surface area contributed by atoms with Crippen LogP contribution in [0.5, 0.6) is 0 Å². The van der Waals surface area contributed by atoms with Crippen molar-refractivity contribution in [3.05, 3.63) is 64.1 Å². The van der Waals surface area contributed by atoms with Crippen LogP contribution < -0.4 is 0 Å². The van der Waals surface area contributed by atoms with Crippen LogP contribution in [0.15, 0.2) is 36.4 Å². The number of aliphatic hydroxyl groups is 1. The normalized spacial score (nSPS) is 20.7. The molecule has 1 N–H and O–H groups in total. The molecule has 1 heterocycles. The van der Waals surface area contributed by atoms with E-state index in [1.807, 2.05) is 0 Å². The fourth-order valence-corrected chi connectivity index (χ4v) is 4.78. The summed E-state index contributed by atoms with van der Waals surface area (Å²) in [5.74, 6) is -2.86. The number of carbonyl (C=O) groups excluding carboxylic acids is 2. The lowest BCUT2D eigenvalue weighted by Crippen LogP contribution is -2.35. The van der Waals surface area contributed by atoms with Gasteiger partial charge in [0.25, 0.3) is 5.91 Å². The minimum atomic E-state index is -4.88. The van der Waals surface area contributed by atoms with Crippen molar-refractivity contribution in [2.45, 2.75) is 44.4 Å². The summed E-state index contributed by atoms with van der Waals surface area (Å²) in [6.07, 6.45) is -4.38. The van der Waals surface area contributed by atoms with Crippen LogP contribution in [-0.2, 0) is 21.3 Å². The molecule has 0 amide bonds. The first-order chi connectivity index (χ1) is 16.5. The number of esters is 1. The van der Waals surface area contributed by atoms with E-state index in [4.69, 9.17) is 16.3 Å². The van der Waals surface area contributed by atoms with Gasteiger partial charge in [0.05, 0.1) is 39.6 Å². The molecule has 0 saturated heterocycles. The maximum atomic E-state index is 14.9. The molecule has 1 saturated carbocycles. The predicted octanol–water partition coefficient (Wildman–Crippen LogP) is 5.48. The number of benzene rings is 2. The summed E-state index contributed by atoms with van der Waals surface area (Å²) in [7, 11) is 0. The fraction of sp³-hybridized carbons (Fsp3) is 0.375. The minimum absolute atomic E-state index is 0.0189. The largest absolute Gasteiger partial charge is 0.466 e. The highest BCUT2D eigenvalue weighted by molar-refractivity contribution is 6.34. The molecule has 0 bridgehead atoms. The van der Waals surface area contributed by atoms with Crippen LogP contribution in [-0.4, -0.2) is 33.4 Å². The molecule has 1 aliphatic carbocycles. The van der Waals surface area contributed by atoms with Gasteiger partial charge in [-0.05, 0) is 56.9 Å². The molecule has 35 heavy (non-hydrogen) atoms. The maximum Gasteiger partial charge on any atom is 0.417 e. The Labute approximate surface area is 202 Å². The molecular weight excluding hydrogens is 492 g/mol. The standard InChI is InChI=1S/C24H21ClF4N2O4/c1-2-35-22(33)13-9-11-23(34,12-10-13)20-19-16(26)7-4-8-17(19)31(30-20)21(32)18-14(24(27,28)29)5-3-6-15(18)25/h3-8,13,34H,2,9-12H2,1H3. The Morgan fingerprint density at radius 2 is 1.86 bits per heavy atom. The number of fused-ring (bicyclic) bond motifs is 1. The van der Waals surface area contributed by atoms with Crippen molar-refractivity contribution in [2.75, 3.05) is 6.61 Å². The van der Waals surface area contributed by atoms with Crippen molar-refractivity contribution in [3.63, 3.8) is 0 Å². The summed E-state index contributed by atoms with van der Waals surface area (Å²) in [5.41, 5.74) is -4.09. The zero-order valence-corrected chi connectivity index (χ0v) is 19.3. The maximum absolute atomic E-state index is 14.9. The molecule has 4 rings (SSSR count). The van der Waals surface area contributed by atoms with Gasteiger partial charge in [0, 0.05) is 0 Å². The van der Waals surface area contributed by atoms with E-state index >= 15 is 0 Å². The average molecular weight is 513 g/mol. The lowest BCUT2D eigenvalue weighted by Gasteiger charge is -2.34. The molecule has 0 spiro atoms. The van der Waals surface area contributed by atoms with E-state index < -0.39 is 51.5 Å². The molecule has 0 unspecified atom stereocenters. The molecule has 0 aliphatic heterocycles. The van der Waals surface area contributed by atoms with E-state index in [0.29, 0.717) is 4.68 Å². The third kappa shape index (κ3) is 4.52. The summed E-state index contributed by atoms with van der Waals surface area (Å²) < 4.78 is 61.5. The second-order valence-electron chi connectivity index (χ2n) is 8.42. The lowest BCUT2D eigenvalue weighted by molar-refractivity contribution is -0.151. The number of carbonyl (C=O) groups is 2. The molecule has 2 aromatic carbocycles. The van der Waals surface area contributed by atoms with Gasteiger partial charge in [-0.3, -0.25) is 9.59 Å². The molecule has 1 aromatic heterocycles. The van der Waals surface area contributed by atoms with E-state index in [9.17, 15) is 32.3 Å². The molecule has 1 fully saturated rings. The summed E-state index contributed by atoms with van der Waals surface area (Å²) in [4.78, 5) is 25.4. The number of aromatic nitrogens is 2. The molecular formula is C24H21ClF4N2O4. The zero-order valence-electron chi connectivity index (χ0n) is 18.5. The topological polar surface area (TPSA) is 81.4 Å². The van der Waals surface area contributed by atoms with Gasteiger partial charge in [-0.2, -0.15) is 23.0 Å². The number of rotatable bonds is 4. The van der Waals surface area contributed by atoms with Gasteiger partial charge in [0.2, 0.25) is 0 Å². The summed E-state index contributed by atoms with van der Waals surface area (Å²) in [6, 6.07) is 6.64. The molecule has 11 heteroatoms. The highest BCUT2D eigenvalue weighted by Crippen LogP contribution is 2.43. The van der Waals surface area contributed by atoms with Crippen LogP contribution in [0.3, 0.4) is 0 Å². The quantitative estimate of drug-likeness (QED) is 0.370. The second-order valence-corrected chi connectivity index (χ2v) is 8.82. The minimum Gasteiger partial charge on any atom is -0.466 e. The van der Waals surface area contributed by atoms with Crippen LogP contribution in [0.4, 0.5) is 17.6 Å². The Bertz CT molecular complexity index is 1300. The molecule has 1 aliphatic rings. The molecule has 0 radical (unpaired) electrons. The van der Waals surface area contributed by atoms with Crippen molar-refractivity contribution in [2.24, 2.45) is 5.92 Å². The van der Waals surface area contributed by atoms with Crippen LogP contribution in [0.2, 0.25) is 5.02 Å². The van der Waals surface area contributed by atoms with E-state index in [2.05, 4.69) is 5.10 Å². The van der Waals surface area contributed by atoms with Gasteiger partial charge >= 0.3 is 12.1 Å². The lowest BCUT2D eigenvalue weighted by atomic mass is 9.76. The summed E-state index contributed by atoms with van der Waals surface area (Å²) >= 11 is 5.99. The van der Waals surface area contributed by atoms with Gasteiger partial charge < -0.3 is 9.84 Å². The van der Waals surface area contributed by atoms with Gasteiger partial charge in [-0.25, -0.2) is 4.39 Å². The summed E-state index contributed by atoms with van der Waals surface area (Å²) in [6.45, 7) is 1.89. The second kappa shape index (κ2) is 9.23. The van der Waals surface area contributed by atoms with Crippen LogP contribution >= 0.6 is 11.6 Å². The Kier molecular flexibility index (Phi) is 6.63. The van der Waals surface area contributed by atoms with E-state index in [-0.39, 0.29) is 48.9 Å². The van der Waals surface area contributed by atoms with Gasteiger partial charge in [0.15, 0.2) is 0 Å².